The molecule has 1 amide bonds. The van der Waals surface area contributed by atoms with Crippen molar-refractivity contribution in [3.63, 3.8) is 0 Å². The van der Waals surface area contributed by atoms with Crippen molar-refractivity contribution in [2.45, 2.75) is 6.92 Å². The predicted octanol–water partition coefficient (Wildman–Crippen LogP) is -0.355. The number of aryl methyl sites for hydroxylation is 1. The zero-order valence-electron chi connectivity index (χ0n) is 12.8. The third-order valence-electron chi connectivity index (χ3n) is 3.32. The second-order valence-electron chi connectivity index (χ2n) is 4.91. The number of nitriles is 1. The van der Waals surface area contributed by atoms with Crippen molar-refractivity contribution in [1.82, 2.24) is 3.44 Å². The van der Waals surface area contributed by atoms with Crippen LogP contribution in [0, 0.1) is 32.8 Å². The molecule has 0 unspecified atom stereocenters. The van der Waals surface area contributed by atoms with Gasteiger partial charge in [-0.25, -0.2) is 0 Å². The van der Waals surface area contributed by atoms with Crippen LogP contribution in [-0.4, -0.2) is 21.6 Å². The third kappa shape index (κ3) is 4.07. The third-order valence-corrected chi connectivity index (χ3v) is 4.96. The Morgan fingerprint density at radius 2 is 2.04 bits per heavy atom. The van der Waals surface area contributed by atoms with Gasteiger partial charge in [-0.3, -0.25) is 0 Å². The van der Waals surface area contributed by atoms with Gasteiger partial charge in [-0.2, -0.15) is 0 Å². The summed E-state index contributed by atoms with van der Waals surface area (Å²) in [6.07, 6.45) is 0. The normalized spacial score (nSPS) is 10.7. The number of amides is 1. The molecule has 2 aromatic rings. The van der Waals surface area contributed by atoms with Crippen molar-refractivity contribution < 1.29 is 35.9 Å². The maximum atomic E-state index is 14.0. The summed E-state index contributed by atoms with van der Waals surface area (Å²) < 4.78 is 14.3. The van der Waals surface area contributed by atoms with Gasteiger partial charge in [0.15, 0.2) is 0 Å². The Kier molecular flexibility index (Phi) is 5.84. The molecule has 8 heteroatoms. The van der Waals surface area contributed by atoms with E-state index in [0.717, 1.165) is 6.07 Å². The minimum absolute atomic E-state index is 0.180. The molecule has 0 heterocycles. The Morgan fingerprint density at radius 3 is 2.62 bits per heavy atom. The SMILES string of the molecule is Cc1cc(C#N)ccc1N(C)C(=O)c1cc([I-]N([O-])O)ccc1F. The number of rotatable bonds is 4. The first-order valence-corrected chi connectivity index (χ1v) is 8.77. The molecule has 0 saturated carbocycles. The van der Waals surface area contributed by atoms with Crippen LogP contribution >= 0.6 is 0 Å². The minimum atomic E-state index is -1.42. The van der Waals surface area contributed by atoms with Crippen molar-refractivity contribution in [2.24, 2.45) is 0 Å². The molecule has 0 bridgehead atoms. The zero-order chi connectivity index (χ0) is 17.9. The number of halogens is 2. The average Bonchev–Trinajstić information content (AvgIpc) is 2.54. The van der Waals surface area contributed by atoms with E-state index < -0.39 is 33.2 Å². The molecule has 0 saturated heterocycles. The molecule has 0 aliphatic rings. The molecule has 0 atom stereocenters. The Balaban J connectivity index is 2.36. The number of nitrogens with zero attached hydrogens (tertiary/aromatic N) is 3. The van der Waals surface area contributed by atoms with Crippen molar-refractivity contribution in [1.29, 1.82) is 5.26 Å². The Labute approximate surface area is 148 Å². The van der Waals surface area contributed by atoms with Crippen molar-refractivity contribution in [3.05, 3.63) is 67.7 Å². The van der Waals surface area contributed by atoms with Gasteiger partial charge in [-0.1, -0.05) is 0 Å². The fraction of sp³-hybridized carbons (Fsp3) is 0.125. The van der Waals surface area contributed by atoms with Gasteiger partial charge in [0.1, 0.15) is 0 Å². The van der Waals surface area contributed by atoms with Crippen molar-refractivity contribution in [3.8, 4) is 6.07 Å². The first-order valence-electron chi connectivity index (χ1n) is 6.73. The first-order chi connectivity index (χ1) is 11.3. The Hall–Kier alpha value is -2.06. The van der Waals surface area contributed by atoms with Gasteiger partial charge in [0.2, 0.25) is 0 Å². The molecule has 0 spiro atoms. The number of carbonyl (C=O) groups is 1. The monoisotopic (exact) mass is 441 g/mol. The van der Waals surface area contributed by atoms with Gasteiger partial charge >= 0.3 is 149 Å². The van der Waals surface area contributed by atoms with Crippen LogP contribution in [0.15, 0.2) is 36.4 Å². The van der Waals surface area contributed by atoms with E-state index in [1.54, 1.807) is 25.1 Å². The van der Waals surface area contributed by atoms with Gasteiger partial charge in [0.25, 0.3) is 0 Å². The molecule has 6 nitrogen and oxygen atoms in total. The standard InChI is InChI=1S/C16H13FIN3O3/c1-10-7-11(9-19)3-6-15(10)20(2)16(22)13-8-12(18-21(23)24)4-5-14(13)17/h3-8,23H,1-2H3/q-2. The summed E-state index contributed by atoms with van der Waals surface area (Å²) in [5, 5.41) is 28.4. The zero-order valence-corrected chi connectivity index (χ0v) is 15.0. The molecule has 2 aromatic carbocycles. The van der Waals surface area contributed by atoms with Crippen molar-refractivity contribution >= 4 is 11.6 Å². The van der Waals surface area contributed by atoms with Gasteiger partial charge in [-0.05, 0) is 0 Å². The van der Waals surface area contributed by atoms with Gasteiger partial charge in [-0.15, -0.1) is 0 Å². The van der Waals surface area contributed by atoms with Crippen LogP contribution in [0.4, 0.5) is 10.1 Å². The summed E-state index contributed by atoms with van der Waals surface area (Å²) >= 11 is -1.42. The summed E-state index contributed by atoms with van der Waals surface area (Å²) in [5.74, 6) is -1.29. The topological polar surface area (TPSA) is 90.6 Å². The van der Waals surface area contributed by atoms with Crippen LogP contribution in [0.25, 0.3) is 0 Å². The van der Waals surface area contributed by atoms with Crippen molar-refractivity contribution in [2.75, 3.05) is 11.9 Å². The molecule has 0 aliphatic heterocycles. The molecule has 126 valence electrons. The van der Waals surface area contributed by atoms with Crippen LogP contribution < -0.4 is 26.4 Å². The number of benzene rings is 2. The molecule has 0 aliphatic carbocycles. The van der Waals surface area contributed by atoms with Gasteiger partial charge < -0.3 is 0 Å². The predicted molar refractivity (Wildman–Crippen MR) is 80.7 cm³/mol. The van der Waals surface area contributed by atoms with Gasteiger partial charge in [0.05, 0.1) is 0 Å². The molecule has 24 heavy (non-hydrogen) atoms. The molecule has 0 radical (unpaired) electrons. The molecule has 0 aromatic heterocycles. The van der Waals surface area contributed by atoms with Gasteiger partial charge in [0, 0.05) is 0 Å². The maximum absolute atomic E-state index is 14.0. The Bertz CT molecular complexity index is 821. The van der Waals surface area contributed by atoms with E-state index in [2.05, 4.69) is 0 Å². The molecule has 0 fully saturated rings. The fourth-order valence-corrected chi connectivity index (χ4v) is 3.46. The van der Waals surface area contributed by atoms with E-state index in [9.17, 15) is 14.4 Å². The van der Waals surface area contributed by atoms with Crippen LogP contribution in [-0.2, 0) is 0 Å². The van der Waals surface area contributed by atoms with Crippen LogP contribution in [0.5, 0.6) is 0 Å². The summed E-state index contributed by atoms with van der Waals surface area (Å²) in [6, 6.07) is 10.6. The average molecular weight is 441 g/mol. The Morgan fingerprint density at radius 1 is 1.33 bits per heavy atom. The van der Waals surface area contributed by atoms with Crippen LogP contribution in [0.2, 0.25) is 0 Å². The second kappa shape index (κ2) is 7.67. The second-order valence-corrected chi connectivity index (χ2v) is 7.47. The van der Waals surface area contributed by atoms with E-state index in [1.807, 2.05) is 6.07 Å². The number of anilines is 1. The summed E-state index contributed by atoms with van der Waals surface area (Å²) in [7, 11) is 1.50. The summed E-state index contributed by atoms with van der Waals surface area (Å²) in [5.41, 5.74) is 1.54. The van der Waals surface area contributed by atoms with E-state index in [4.69, 9.17) is 10.5 Å². The van der Waals surface area contributed by atoms with E-state index in [1.165, 1.54) is 24.1 Å². The number of hydrogen-bond acceptors (Lipinski definition) is 5. The molecule has 1 N–H and O–H groups in total. The number of carbonyl (C=O) groups excluding carboxylic acids is 1. The molecular formula is C16H13FIN3O3-2. The van der Waals surface area contributed by atoms with E-state index >= 15 is 0 Å². The summed E-state index contributed by atoms with van der Waals surface area (Å²) in [6.45, 7) is 1.75. The van der Waals surface area contributed by atoms with Crippen LogP contribution in [0.1, 0.15) is 21.5 Å². The molecular weight excluding hydrogens is 428 g/mol. The van der Waals surface area contributed by atoms with Crippen LogP contribution in [0.3, 0.4) is 0 Å². The summed E-state index contributed by atoms with van der Waals surface area (Å²) in [4.78, 5) is 13.9. The first kappa shape index (κ1) is 18.3. The quantitative estimate of drug-likeness (QED) is 0.398. The van der Waals surface area contributed by atoms with E-state index in [-0.39, 0.29) is 9.00 Å². The molecule has 2 rings (SSSR count). The van der Waals surface area contributed by atoms with E-state index in [0.29, 0.717) is 20.4 Å². The fourth-order valence-electron chi connectivity index (χ4n) is 2.19. The number of hydrogen-bond donors (Lipinski definition) is 1.